The molecule has 0 aromatic heterocycles. The van der Waals surface area contributed by atoms with E-state index in [0.717, 1.165) is 11.1 Å². The minimum Gasteiger partial charge on any atom is -0.290 e. The lowest BCUT2D eigenvalue weighted by Gasteiger charge is -2.04. The molecule has 0 bridgehead atoms. The molecule has 1 aromatic rings. The maximum Gasteiger partial charge on any atom is 0.265 e. The number of carbonyl (C=O) groups is 1. The Bertz CT molecular complexity index is 307. The van der Waals surface area contributed by atoms with Crippen LogP contribution in [0.1, 0.15) is 21.5 Å². The average Bonchev–Trinajstić information content (AvgIpc) is 2.08. The standard InChI is InChI=1S/C9H12N2O/c1-6-3-4-7(2)8(5-6)9(12)11-10/h3-5H,10H2,1-2H3,(H,11,12). The predicted octanol–water partition coefficient (Wildman–Crippen LogP) is 0.907. The fraction of sp³-hybridized carbons (Fsp3) is 0.222. The lowest BCUT2D eigenvalue weighted by Crippen LogP contribution is -2.30. The van der Waals surface area contributed by atoms with Gasteiger partial charge in [0.2, 0.25) is 0 Å². The van der Waals surface area contributed by atoms with Crippen molar-refractivity contribution in [3.05, 3.63) is 34.9 Å². The fourth-order valence-corrected chi connectivity index (χ4v) is 1.06. The van der Waals surface area contributed by atoms with E-state index in [9.17, 15) is 4.79 Å². The van der Waals surface area contributed by atoms with Gasteiger partial charge >= 0.3 is 0 Å². The third-order valence-corrected chi connectivity index (χ3v) is 1.77. The lowest BCUT2D eigenvalue weighted by molar-refractivity contribution is 0.0953. The summed E-state index contributed by atoms with van der Waals surface area (Å²) in [5.41, 5.74) is 4.74. The SMILES string of the molecule is Cc1ccc(C)c(C(=O)NN)c1. The van der Waals surface area contributed by atoms with Crippen LogP contribution in [0.4, 0.5) is 0 Å². The van der Waals surface area contributed by atoms with E-state index < -0.39 is 0 Å². The molecule has 1 amide bonds. The molecule has 0 saturated carbocycles. The van der Waals surface area contributed by atoms with Gasteiger partial charge in [0.25, 0.3) is 5.91 Å². The van der Waals surface area contributed by atoms with Gasteiger partial charge in [0, 0.05) is 5.56 Å². The van der Waals surface area contributed by atoms with E-state index in [1.165, 1.54) is 0 Å². The van der Waals surface area contributed by atoms with Crippen molar-refractivity contribution in [3.63, 3.8) is 0 Å². The Kier molecular flexibility index (Phi) is 2.45. The maximum absolute atomic E-state index is 11.2. The van der Waals surface area contributed by atoms with E-state index in [-0.39, 0.29) is 5.91 Å². The Labute approximate surface area is 71.5 Å². The van der Waals surface area contributed by atoms with Crippen molar-refractivity contribution >= 4 is 5.91 Å². The normalized spacial score (nSPS) is 9.58. The third-order valence-electron chi connectivity index (χ3n) is 1.77. The molecule has 0 aliphatic heterocycles. The average molecular weight is 164 g/mol. The molecular formula is C9H12N2O. The zero-order valence-corrected chi connectivity index (χ0v) is 7.22. The van der Waals surface area contributed by atoms with Crippen LogP contribution in [0.25, 0.3) is 0 Å². The summed E-state index contributed by atoms with van der Waals surface area (Å²) in [6.07, 6.45) is 0. The molecule has 64 valence electrons. The molecule has 1 aromatic carbocycles. The minimum absolute atomic E-state index is 0.240. The number of nitrogens with two attached hydrogens (primary N) is 1. The van der Waals surface area contributed by atoms with Gasteiger partial charge in [0.15, 0.2) is 0 Å². The van der Waals surface area contributed by atoms with Gasteiger partial charge in [-0.15, -0.1) is 0 Å². The van der Waals surface area contributed by atoms with Crippen LogP contribution >= 0.6 is 0 Å². The second-order valence-corrected chi connectivity index (χ2v) is 2.79. The maximum atomic E-state index is 11.2. The smallest absolute Gasteiger partial charge is 0.265 e. The van der Waals surface area contributed by atoms with Crippen molar-refractivity contribution in [1.29, 1.82) is 0 Å². The predicted molar refractivity (Wildman–Crippen MR) is 47.6 cm³/mol. The van der Waals surface area contributed by atoms with Gasteiger partial charge in [0.05, 0.1) is 0 Å². The fourth-order valence-electron chi connectivity index (χ4n) is 1.06. The first-order valence-electron chi connectivity index (χ1n) is 3.73. The van der Waals surface area contributed by atoms with Crippen molar-refractivity contribution < 1.29 is 4.79 Å². The molecule has 0 radical (unpaired) electrons. The summed E-state index contributed by atoms with van der Waals surface area (Å²) in [4.78, 5) is 11.2. The van der Waals surface area contributed by atoms with Crippen molar-refractivity contribution in [1.82, 2.24) is 5.43 Å². The van der Waals surface area contributed by atoms with E-state index in [1.807, 2.05) is 32.0 Å². The summed E-state index contributed by atoms with van der Waals surface area (Å²) in [7, 11) is 0. The number of rotatable bonds is 1. The summed E-state index contributed by atoms with van der Waals surface area (Å²) >= 11 is 0. The van der Waals surface area contributed by atoms with Crippen LogP contribution in [-0.2, 0) is 0 Å². The second-order valence-electron chi connectivity index (χ2n) is 2.79. The quantitative estimate of drug-likeness (QED) is 0.368. The van der Waals surface area contributed by atoms with Crippen LogP contribution in [0.5, 0.6) is 0 Å². The summed E-state index contributed by atoms with van der Waals surface area (Å²) in [6, 6.07) is 5.68. The Morgan fingerprint density at radius 1 is 1.42 bits per heavy atom. The van der Waals surface area contributed by atoms with Crippen LogP contribution in [0, 0.1) is 13.8 Å². The lowest BCUT2D eigenvalue weighted by atomic mass is 10.1. The number of aryl methyl sites for hydroxylation is 2. The molecule has 3 nitrogen and oxygen atoms in total. The monoisotopic (exact) mass is 164 g/mol. The minimum atomic E-state index is -0.240. The Hall–Kier alpha value is -1.35. The molecule has 3 N–H and O–H groups in total. The van der Waals surface area contributed by atoms with Crippen molar-refractivity contribution in [2.24, 2.45) is 5.84 Å². The van der Waals surface area contributed by atoms with Gasteiger partial charge in [-0.1, -0.05) is 17.7 Å². The molecule has 0 heterocycles. The summed E-state index contributed by atoms with van der Waals surface area (Å²) in [6.45, 7) is 3.82. The number of amides is 1. The van der Waals surface area contributed by atoms with Crippen molar-refractivity contribution in [2.75, 3.05) is 0 Å². The molecule has 0 unspecified atom stereocenters. The number of nitrogens with one attached hydrogen (secondary N) is 1. The Morgan fingerprint density at radius 2 is 2.08 bits per heavy atom. The molecule has 0 atom stereocenters. The highest BCUT2D eigenvalue weighted by molar-refractivity contribution is 5.95. The van der Waals surface area contributed by atoms with Crippen LogP contribution in [-0.4, -0.2) is 5.91 Å². The highest BCUT2D eigenvalue weighted by atomic mass is 16.2. The largest absolute Gasteiger partial charge is 0.290 e. The van der Waals surface area contributed by atoms with Gasteiger partial charge in [-0.05, 0) is 25.5 Å². The van der Waals surface area contributed by atoms with E-state index in [4.69, 9.17) is 5.84 Å². The molecule has 0 saturated heterocycles. The molecule has 12 heavy (non-hydrogen) atoms. The van der Waals surface area contributed by atoms with E-state index in [0.29, 0.717) is 5.56 Å². The van der Waals surface area contributed by atoms with Gasteiger partial charge in [-0.3, -0.25) is 10.2 Å². The van der Waals surface area contributed by atoms with E-state index >= 15 is 0 Å². The van der Waals surface area contributed by atoms with Crippen LogP contribution in [0.2, 0.25) is 0 Å². The molecule has 3 heteroatoms. The van der Waals surface area contributed by atoms with Crippen molar-refractivity contribution in [2.45, 2.75) is 13.8 Å². The molecule has 1 rings (SSSR count). The first kappa shape index (κ1) is 8.74. The molecule has 0 spiro atoms. The Morgan fingerprint density at radius 3 is 2.67 bits per heavy atom. The zero-order chi connectivity index (χ0) is 9.14. The highest BCUT2D eigenvalue weighted by Gasteiger charge is 2.05. The third kappa shape index (κ3) is 1.62. The number of hydrogen-bond acceptors (Lipinski definition) is 2. The van der Waals surface area contributed by atoms with Gasteiger partial charge in [0.1, 0.15) is 0 Å². The van der Waals surface area contributed by atoms with Gasteiger partial charge in [-0.25, -0.2) is 5.84 Å². The first-order valence-corrected chi connectivity index (χ1v) is 3.73. The van der Waals surface area contributed by atoms with Crippen LogP contribution < -0.4 is 11.3 Å². The molecule has 0 aliphatic carbocycles. The topological polar surface area (TPSA) is 55.1 Å². The van der Waals surface area contributed by atoms with Crippen LogP contribution in [0.15, 0.2) is 18.2 Å². The number of hydrogen-bond donors (Lipinski definition) is 2. The zero-order valence-electron chi connectivity index (χ0n) is 7.22. The summed E-state index contributed by atoms with van der Waals surface area (Å²) in [5, 5.41) is 0. The highest BCUT2D eigenvalue weighted by Crippen LogP contribution is 2.09. The number of nitrogen functional groups attached to an aromatic ring is 1. The molecule has 0 aliphatic rings. The number of hydrazine groups is 1. The molecule has 0 fully saturated rings. The summed E-state index contributed by atoms with van der Waals surface area (Å²) in [5.74, 6) is 4.78. The number of benzene rings is 1. The van der Waals surface area contributed by atoms with Crippen LogP contribution in [0.3, 0.4) is 0 Å². The van der Waals surface area contributed by atoms with Gasteiger partial charge < -0.3 is 0 Å². The second kappa shape index (κ2) is 3.36. The first-order chi connectivity index (χ1) is 5.65. The Balaban J connectivity index is 3.13. The van der Waals surface area contributed by atoms with E-state index in [2.05, 4.69) is 5.43 Å². The number of carbonyl (C=O) groups excluding carboxylic acids is 1. The van der Waals surface area contributed by atoms with Gasteiger partial charge in [-0.2, -0.15) is 0 Å². The summed E-state index contributed by atoms with van der Waals surface area (Å²) < 4.78 is 0. The molecular weight excluding hydrogens is 152 g/mol. The van der Waals surface area contributed by atoms with E-state index in [1.54, 1.807) is 0 Å². The van der Waals surface area contributed by atoms with Crippen molar-refractivity contribution in [3.8, 4) is 0 Å².